The van der Waals surface area contributed by atoms with Crippen molar-refractivity contribution in [2.45, 2.75) is 83.1 Å². The summed E-state index contributed by atoms with van der Waals surface area (Å²) in [7, 11) is -5.11. The van der Waals surface area contributed by atoms with Crippen molar-refractivity contribution in [1.29, 1.82) is 0 Å². The molecule has 0 fully saturated rings. The highest BCUT2D eigenvalue weighted by Gasteiger charge is 2.40. The molecular formula is C66H63O7P. The van der Waals surface area contributed by atoms with Gasteiger partial charge in [0.05, 0.1) is 0 Å². The average Bonchev–Trinajstić information content (AvgIpc) is 3.33. The summed E-state index contributed by atoms with van der Waals surface area (Å²) in [6.07, 6.45) is 0. The second-order valence-corrected chi connectivity index (χ2v) is 21.3. The van der Waals surface area contributed by atoms with Crippen LogP contribution in [0, 0.1) is 83.1 Å². The van der Waals surface area contributed by atoms with Crippen LogP contribution in [0.2, 0.25) is 0 Å². The van der Waals surface area contributed by atoms with Gasteiger partial charge in [0, 0.05) is 33.4 Å². The van der Waals surface area contributed by atoms with E-state index in [4.69, 9.17) is 13.6 Å². The fourth-order valence-electron chi connectivity index (χ4n) is 11.1. The molecule has 0 spiro atoms. The van der Waals surface area contributed by atoms with Gasteiger partial charge in [0.1, 0.15) is 34.5 Å². The van der Waals surface area contributed by atoms with Gasteiger partial charge in [-0.1, -0.05) is 109 Å². The van der Waals surface area contributed by atoms with Crippen molar-refractivity contribution in [3.8, 4) is 101 Å². The van der Waals surface area contributed by atoms with E-state index < -0.39 is 7.82 Å². The lowest BCUT2D eigenvalue weighted by Gasteiger charge is -2.28. The Kier molecular flexibility index (Phi) is 13.9. The molecule has 0 unspecified atom stereocenters. The molecule has 9 aromatic rings. The predicted octanol–water partition coefficient (Wildman–Crippen LogP) is 18.2. The molecule has 0 atom stereocenters. The van der Waals surface area contributed by atoms with Gasteiger partial charge in [-0.15, -0.1) is 0 Å². The number of rotatable bonds is 12. The van der Waals surface area contributed by atoms with Gasteiger partial charge >= 0.3 is 7.82 Å². The summed E-state index contributed by atoms with van der Waals surface area (Å²) in [6, 6.07) is 45.4. The van der Waals surface area contributed by atoms with Crippen LogP contribution in [0.3, 0.4) is 0 Å². The molecule has 74 heavy (non-hydrogen) atoms. The number of phosphoric ester groups is 1. The second kappa shape index (κ2) is 20.1. The molecule has 0 heterocycles. The number of phenolic OH excluding ortho intramolecular Hbond substituents is 3. The van der Waals surface area contributed by atoms with Crippen molar-refractivity contribution >= 4 is 7.82 Å². The Bertz CT molecular complexity index is 3250. The van der Waals surface area contributed by atoms with E-state index in [-0.39, 0.29) is 34.5 Å². The maximum absolute atomic E-state index is 17.1. The smallest absolute Gasteiger partial charge is 0.507 e. The van der Waals surface area contributed by atoms with Crippen LogP contribution in [0.4, 0.5) is 0 Å². The number of phosphoric acid groups is 1. The minimum Gasteiger partial charge on any atom is -0.507 e. The highest BCUT2D eigenvalue weighted by molar-refractivity contribution is 7.49. The largest absolute Gasteiger partial charge is 0.647 e. The quantitative estimate of drug-likeness (QED) is 0.105. The van der Waals surface area contributed by atoms with Crippen molar-refractivity contribution in [2.24, 2.45) is 0 Å². The third-order valence-electron chi connectivity index (χ3n) is 14.5. The summed E-state index contributed by atoms with van der Waals surface area (Å²) in [5.74, 6) is 0.412. The summed E-state index contributed by atoms with van der Waals surface area (Å²) < 4.78 is 38.5. The van der Waals surface area contributed by atoms with Gasteiger partial charge in [-0.05, 0) is 220 Å². The molecular weight excluding hydrogens is 936 g/mol. The third-order valence-corrected chi connectivity index (χ3v) is 15.7. The van der Waals surface area contributed by atoms with Crippen LogP contribution < -0.4 is 13.6 Å². The lowest BCUT2D eigenvalue weighted by atomic mass is 9.85. The van der Waals surface area contributed by atoms with E-state index in [2.05, 4.69) is 0 Å². The number of hydrogen-bond donors (Lipinski definition) is 3. The molecule has 0 saturated heterocycles. The van der Waals surface area contributed by atoms with Gasteiger partial charge in [0.15, 0.2) is 0 Å². The molecule has 0 saturated carbocycles. The van der Waals surface area contributed by atoms with Crippen LogP contribution in [-0.4, -0.2) is 15.3 Å². The van der Waals surface area contributed by atoms with E-state index in [1.807, 2.05) is 192 Å². The van der Waals surface area contributed by atoms with E-state index >= 15 is 4.57 Å². The SMILES string of the molecule is Cc1cccc(C)c1-c1c(O)ccc(OP(=O)(Oc2ccc(O)c(-c3c(C)cccc3C)c2-c2c(C)cccc2C)Oc2ccc(O)c(-c3c(C)cccc3C)c2-c2c(C)cccc2C)c1-c1c(C)cccc1C. The third kappa shape index (κ3) is 9.22. The van der Waals surface area contributed by atoms with Crippen molar-refractivity contribution in [3.05, 3.63) is 212 Å². The monoisotopic (exact) mass is 998 g/mol. The van der Waals surface area contributed by atoms with E-state index in [0.717, 1.165) is 100 Å². The standard InChI is InChI=1S/C66H63O7P/c1-37-19-13-20-38(2)55(37)61-49(67)31-34-52(64(61)58-43(7)25-16-26-44(58)8)71-74(70,72-53-35-32-50(68)62(56-39(3)21-14-22-40(56)4)65(53)59-45(9)27-17-28-46(59)10)73-54-36-33-51(69)63(57-41(5)23-15-24-42(57)6)66(54)60-47(11)29-18-30-48(60)12/h13-36,67-69H,1-12H3. The number of aromatic hydroxyl groups is 3. The van der Waals surface area contributed by atoms with Crippen LogP contribution in [-0.2, 0) is 4.57 Å². The Morgan fingerprint density at radius 1 is 0.243 bits per heavy atom. The first-order valence-corrected chi connectivity index (χ1v) is 26.4. The minimum absolute atomic E-state index is 0.00672. The van der Waals surface area contributed by atoms with Crippen LogP contribution >= 0.6 is 7.82 Å². The highest BCUT2D eigenvalue weighted by Crippen LogP contribution is 2.60. The van der Waals surface area contributed by atoms with Crippen LogP contribution in [0.1, 0.15) is 66.8 Å². The lowest BCUT2D eigenvalue weighted by Crippen LogP contribution is -2.11. The Hall–Kier alpha value is -7.99. The Morgan fingerprint density at radius 2 is 0.405 bits per heavy atom. The molecule has 0 radical (unpaired) electrons. The summed E-state index contributed by atoms with van der Waals surface area (Å²) >= 11 is 0. The normalized spacial score (nSPS) is 11.5. The molecule has 0 amide bonds. The molecule has 9 rings (SSSR count). The molecule has 8 heteroatoms. The van der Waals surface area contributed by atoms with Crippen LogP contribution in [0.25, 0.3) is 66.8 Å². The number of phenols is 3. The van der Waals surface area contributed by atoms with Crippen molar-refractivity contribution in [1.82, 2.24) is 0 Å². The summed E-state index contributed by atoms with van der Waals surface area (Å²) in [4.78, 5) is 0. The summed E-state index contributed by atoms with van der Waals surface area (Å²) in [5, 5.41) is 36.4. The maximum atomic E-state index is 17.1. The van der Waals surface area contributed by atoms with Gasteiger partial charge in [-0.25, -0.2) is 0 Å². The Morgan fingerprint density at radius 3 is 0.581 bits per heavy atom. The van der Waals surface area contributed by atoms with Gasteiger partial charge < -0.3 is 28.9 Å². The molecule has 7 nitrogen and oxygen atoms in total. The fraction of sp³-hybridized carbons (Fsp3) is 0.182. The molecule has 0 aliphatic carbocycles. The van der Waals surface area contributed by atoms with E-state index in [9.17, 15) is 15.3 Å². The van der Waals surface area contributed by atoms with Gasteiger partial charge in [-0.2, -0.15) is 4.57 Å². The molecule has 0 aliphatic rings. The topological polar surface area (TPSA) is 105 Å². The molecule has 0 aliphatic heterocycles. The Balaban J connectivity index is 1.41. The first kappa shape index (κ1) is 50.9. The van der Waals surface area contributed by atoms with E-state index in [0.29, 0.717) is 33.4 Å². The number of benzene rings is 9. The first-order valence-electron chi connectivity index (χ1n) is 25.0. The van der Waals surface area contributed by atoms with Gasteiger partial charge in [0.2, 0.25) is 0 Å². The highest BCUT2D eigenvalue weighted by atomic mass is 31.2. The van der Waals surface area contributed by atoms with Gasteiger partial charge in [-0.3, -0.25) is 0 Å². The van der Waals surface area contributed by atoms with Crippen molar-refractivity contribution in [2.75, 3.05) is 0 Å². The minimum atomic E-state index is -5.11. The van der Waals surface area contributed by atoms with E-state index in [1.54, 1.807) is 36.4 Å². The van der Waals surface area contributed by atoms with Crippen molar-refractivity contribution in [3.63, 3.8) is 0 Å². The van der Waals surface area contributed by atoms with E-state index in [1.165, 1.54) is 0 Å². The Labute approximate surface area is 436 Å². The predicted molar refractivity (Wildman–Crippen MR) is 303 cm³/mol. The molecule has 374 valence electrons. The lowest BCUT2D eigenvalue weighted by molar-refractivity contribution is 0.299. The summed E-state index contributed by atoms with van der Waals surface area (Å²) in [6.45, 7) is 24.0. The zero-order valence-electron chi connectivity index (χ0n) is 44.3. The zero-order chi connectivity index (χ0) is 52.9. The second-order valence-electron chi connectivity index (χ2n) is 19.8. The maximum Gasteiger partial charge on any atom is 0.647 e. The van der Waals surface area contributed by atoms with Crippen molar-refractivity contribution < 1.29 is 33.5 Å². The average molecular weight is 999 g/mol. The fourth-order valence-corrected chi connectivity index (χ4v) is 12.4. The molecule has 0 aromatic heterocycles. The number of aryl methyl sites for hydroxylation is 12. The summed E-state index contributed by atoms with van der Waals surface area (Å²) in [5.41, 5.74) is 18.6. The molecule has 9 aromatic carbocycles. The molecule has 3 N–H and O–H groups in total. The zero-order valence-corrected chi connectivity index (χ0v) is 45.2. The molecule has 0 bridgehead atoms. The first-order chi connectivity index (χ1) is 35.3. The van der Waals surface area contributed by atoms with Crippen LogP contribution in [0.15, 0.2) is 146 Å². The number of hydrogen-bond acceptors (Lipinski definition) is 7. The van der Waals surface area contributed by atoms with Gasteiger partial charge in [0.25, 0.3) is 0 Å². The van der Waals surface area contributed by atoms with Crippen LogP contribution in [0.5, 0.6) is 34.5 Å².